The van der Waals surface area contributed by atoms with E-state index in [1.54, 1.807) is 42.5 Å². The Hall–Kier alpha value is -3.18. The molecule has 0 aliphatic heterocycles. The fraction of sp³-hybridized carbons (Fsp3) is 0.269. The van der Waals surface area contributed by atoms with Gasteiger partial charge in [-0.05, 0) is 30.4 Å². The monoisotopic (exact) mass is 447 g/mol. The van der Waals surface area contributed by atoms with Crippen LogP contribution in [0.4, 0.5) is 0 Å². The third-order valence-corrected chi connectivity index (χ3v) is 6.78. The quantitative estimate of drug-likeness (QED) is 0.441. The van der Waals surface area contributed by atoms with E-state index in [2.05, 4.69) is 5.32 Å². The van der Waals surface area contributed by atoms with Crippen LogP contribution >= 0.6 is 11.6 Å². The van der Waals surface area contributed by atoms with Crippen molar-refractivity contribution in [3.05, 3.63) is 82.4 Å². The van der Waals surface area contributed by atoms with Crippen LogP contribution in [-0.2, 0) is 15.1 Å². The van der Waals surface area contributed by atoms with Gasteiger partial charge >= 0.3 is 5.97 Å². The summed E-state index contributed by atoms with van der Waals surface area (Å²) < 4.78 is 5.87. The third-order valence-electron chi connectivity index (χ3n) is 6.45. The molecule has 2 aliphatic carbocycles. The maximum absolute atomic E-state index is 13.8. The van der Waals surface area contributed by atoms with Gasteiger partial charge in [-0.15, -0.1) is 0 Å². The highest BCUT2D eigenvalue weighted by Crippen LogP contribution is 2.44. The Morgan fingerprint density at radius 1 is 0.938 bits per heavy atom. The van der Waals surface area contributed by atoms with Crippen molar-refractivity contribution in [2.45, 2.75) is 43.7 Å². The molecule has 0 heterocycles. The van der Waals surface area contributed by atoms with Gasteiger partial charge in [0.15, 0.2) is 0 Å². The second-order valence-corrected chi connectivity index (χ2v) is 8.80. The maximum Gasteiger partial charge on any atom is 0.341 e. The molecule has 1 saturated carbocycles. The lowest BCUT2D eigenvalue weighted by atomic mass is 9.89. The van der Waals surface area contributed by atoms with E-state index in [1.165, 1.54) is 6.07 Å². The predicted molar refractivity (Wildman–Crippen MR) is 122 cm³/mol. The maximum atomic E-state index is 13.8. The smallest absolute Gasteiger partial charge is 0.341 e. The highest BCUT2D eigenvalue weighted by atomic mass is 35.5. The van der Waals surface area contributed by atoms with Crippen molar-refractivity contribution in [1.29, 1.82) is 0 Å². The summed E-state index contributed by atoms with van der Waals surface area (Å²) in [5.74, 6) is -1.94. The Labute approximate surface area is 190 Å². The molecule has 0 saturated heterocycles. The van der Waals surface area contributed by atoms with Crippen LogP contribution in [0.2, 0.25) is 5.02 Å². The normalized spacial score (nSPS) is 20.3. The van der Waals surface area contributed by atoms with Gasteiger partial charge in [-0.2, -0.15) is 0 Å². The lowest BCUT2D eigenvalue weighted by molar-refractivity contribution is -0.137. The molecule has 0 radical (unpaired) electrons. The number of rotatable bonds is 4. The highest BCUT2D eigenvalue weighted by Gasteiger charge is 2.57. The van der Waals surface area contributed by atoms with E-state index in [1.807, 2.05) is 12.1 Å². The molecule has 6 heteroatoms. The third kappa shape index (κ3) is 3.19. The van der Waals surface area contributed by atoms with Gasteiger partial charge in [0.05, 0.1) is 10.6 Å². The molecule has 1 amide bonds. The van der Waals surface area contributed by atoms with Crippen LogP contribution in [0.15, 0.2) is 60.7 Å². The molecule has 1 N–H and O–H groups in total. The molecule has 1 unspecified atom stereocenters. The van der Waals surface area contributed by atoms with E-state index < -0.39 is 23.3 Å². The number of hydrogen-bond donors (Lipinski definition) is 1. The molecule has 1 fully saturated rings. The lowest BCUT2D eigenvalue weighted by Gasteiger charge is -2.31. The number of hydrogen-bond acceptors (Lipinski definition) is 4. The highest BCUT2D eigenvalue weighted by molar-refractivity contribution is 6.34. The van der Waals surface area contributed by atoms with E-state index in [4.69, 9.17) is 16.3 Å². The van der Waals surface area contributed by atoms with Crippen molar-refractivity contribution < 1.29 is 19.1 Å². The van der Waals surface area contributed by atoms with Gasteiger partial charge in [-0.3, -0.25) is 9.59 Å². The average Bonchev–Trinajstić information content (AvgIpc) is 3.05. The summed E-state index contributed by atoms with van der Waals surface area (Å²) in [7, 11) is 0. The van der Waals surface area contributed by atoms with Gasteiger partial charge in [0.1, 0.15) is 0 Å². The lowest BCUT2D eigenvalue weighted by Crippen LogP contribution is -2.54. The first-order chi connectivity index (χ1) is 15.5. The molecule has 32 heavy (non-hydrogen) atoms. The number of esters is 1. The second-order valence-electron chi connectivity index (χ2n) is 8.40. The van der Waals surface area contributed by atoms with Crippen molar-refractivity contribution in [3.63, 3.8) is 0 Å². The number of benzene rings is 3. The Bertz CT molecular complexity index is 1240. The van der Waals surface area contributed by atoms with Crippen molar-refractivity contribution >= 4 is 40.0 Å². The van der Waals surface area contributed by atoms with Crippen molar-refractivity contribution in [3.8, 4) is 0 Å². The van der Waals surface area contributed by atoms with E-state index >= 15 is 0 Å². The molecule has 5 rings (SSSR count). The zero-order valence-electron chi connectivity index (χ0n) is 17.4. The van der Waals surface area contributed by atoms with E-state index in [0.717, 1.165) is 37.5 Å². The van der Waals surface area contributed by atoms with Crippen LogP contribution in [0.5, 0.6) is 0 Å². The molecule has 3 aromatic rings. The first kappa shape index (κ1) is 20.7. The molecule has 0 bridgehead atoms. The van der Waals surface area contributed by atoms with Gasteiger partial charge in [0.2, 0.25) is 5.78 Å². The van der Waals surface area contributed by atoms with Crippen molar-refractivity contribution in [1.82, 2.24) is 5.32 Å². The largest absolute Gasteiger partial charge is 0.432 e. The molecule has 162 valence electrons. The number of carbonyl (C=O) groups is 3. The van der Waals surface area contributed by atoms with Gasteiger partial charge in [-0.25, -0.2) is 4.79 Å². The predicted octanol–water partition coefficient (Wildman–Crippen LogP) is 5.19. The van der Waals surface area contributed by atoms with E-state index in [9.17, 15) is 14.4 Å². The summed E-state index contributed by atoms with van der Waals surface area (Å²) in [5.41, 5.74) is -1.21. The van der Waals surface area contributed by atoms with Crippen LogP contribution in [0.3, 0.4) is 0 Å². The number of halogens is 1. The zero-order chi connectivity index (χ0) is 22.3. The van der Waals surface area contributed by atoms with Crippen LogP contribution in [0.25, 0.3) is 10.8 Å². The van der Waals surface area contributed by atoms with Crippen LogP contribution in [0.1, 0.15) is 58.4 Å². The summed E-state index contributed by atoms with van der Waals surface area (Å²) >= 11 is 6.21. The van der Waals surface area contributed by atoms with Crippen LogP contribution in [0, 0.1) is 0 Å². The Balaban J connectivity index is 1.63. The molecule has 5 nitrogen and oxygen atoms in total. The SMILES string of the molecule is O=C(OC1(C(=O)NC2CCCCC2)C(=O)c2cccc3cccc1c23)c1ccccc1Cl. The van der Waals surface area contributed by atoms with Crippen LogP contribution < -0.4 is 5.32 Å². The number of Topliss-reactive ketones (excluding diaryl/α,β-unsaturated/α-hetero) is 1. The summed E-state index contributed by atoms with van der Waals surface area (Å²) in [6, 6.07) is 17.0. The average molecular weight is 448 g/mol. The van der Waals surface area contributed by atoms with Gasteiger partial charge in [0.25, 0.3) is 11.5 Å². The second kappa shape index (κ2) is 8.06. The number of carbonyl (C=O) groups excluding carboxylic acids is 3. The number of ketones is 1. The molecule has 1 atom stereocenters. The Morgan fingerprint density at radius 3 is 2.41 bits per heavy atom. The zero-order valence-corrected chi connectivity index (χ0v) is 18.2. The molecule has 3 aromatic carbocycles. The van der Waals surface area contributed by atoms with Crippen molar-refractivity contribution in [2.75, 3.05) is 0 Å². The number of nitrogens with one attached hydrogen (secondary N) is 1. The Kier molecular flexibility index (Phi) is 5.22. The molecule has 2 aliphatic rings. The first-order valence-corrected chi connectivity index (χ1v) is 11.3. The number of amides is 1. The topological polar surface area (TPSA) is 72.5 Å². The summed E-state index contributed by atoms with van der Waals surface area (Å²) in [6.07, 6.45) is 4.84. The van der Waals surface area contributed by atoms with Gasteiger partial charge in [0, 0.05) is 22.6 Å². The van der Waals surface area contributed by atoms with Gasteiger partial charge < -0.3 is 10.1 Å². The minimum atomic E-state index is -2.09. The summed E-state index contributed by atoms with van der Waals surface area (Å²) in [6.45, 7) is 0. The molecular formula is C26H22ClNO4. The summed E-state index contributed by atoms with van der Waals surface area (Å²) in [5, 5.41) is 4.67. The van der Waals surface area contributed by atoms with E-state index in [0.29, 0.717) is 16.5 Å². The van der Waals surface area contributed by atoms with Gasteiger partial charge in [-0.1, -0.05) is 79.4 Å². The minimum absolute atomic E-state index is 0.0529. The molecule has 0 spiro atoms. The van der Waals surface area contributed by atoms with E-state index in [-0.39, 0.29) is 16.6 Å². The minimum Gasteiger partial charge on any atom is -0.432 e. The Morgan fingerprint density at radius 2 is 1.66 bits per heavy atom. The first-order valence-electron chi connectivity index (χ1n) is 10.9. The molecule has 0 aromatic heterocycles. The standard InChI is InChI=1S/C26H22ClNO4/c27-21-15-5-4-12-18(21)24(30)32-26(25(31)28-17-10-2-1-3-11-17)20-14-7-9-16-8-6-13-19(22(16)20)23(26)29/h4-9,12-15,17H,1-3,10-11H2,(H,28,31). The fourth-order valence-electron chi connectivity index (χ4n) is 4.86. The summed E-state index contributed by atoms with van der Waals surface area (Å²) in [4.78, 5) is 40.7. The number of ether oxygens (including phenoxy) is 1. The molecular weight excluding hydrogens is 426 g/mol. The van der Waals surface area contributed by atoms with Crippen molar-refractivity contribution in [2.24, 2.45) is 0 Å². The van der Waals surface area contributed by atoms with Crippen LogP contribution in [-0.4, -0.2) is 23.7 Å². The fourth-order valence-corrected chi connectivity index (χ4v) is 5.08.